The summed E-state index contributed by atoms with van der Waals surface area (Å²) in [5.74, 6) is 1.65. The zero-order valence-electron chi connectivity index (χ0n) is 13.9. The number of nitrogens with zero attached hydrogens (tertiary/aromatic N) is 3. The Labute approximate surface area is 124 Å². The van der Waals surface area contributed by atoms with Gasteiger partial charge in [-0.3, -0.25) is 4.99 Å². The van der Waals surface area contributed by atoms with Crippen LogP contribution in [0.3, 0.4) is 0 Å². The second-order valence-corrected chi connectivity index (χ2v) is 5.92. The number of hydrogen-bond donors (Lipinski definition) is 1. The highest BCUT2D eigenvalue weighted by Gasteiger charge is 2.19. The number of ether oxygens (including phenoxy) is 1. The van der Waals surface area contributed by atoms with Crippen molar-refractivity contribution >= 4 is 5.96 Å². The van der Waals surface area contributed by atoms with E-state index in [0.29, 0.717) is 12.0 Å². The van der Waals surface area contributed by atoms with E-state index in [0.717, 1.165) is 45.4 Å². The number of likely N-dealkylation sites (N-methyl/N-ethyl adjacent to an activating group) is 1. The van der Waals surface area contributed by atoms with Crippen molar-refractivity contribution in [2.45, 2.75) is 33.2 Å². The highest BCUT2D eigenvalue weighted by Crippen LogP contribution is 2.13. The third-order valence-electron chi connectivity index (χ3n) is 3.85. The Hall–Kier alpha value is -0.810. The summed E-state index contributed by atoms with van der Waals surface area (Å²) in [5.41, 5.74) is 0. The van der Waals surface area contributed by atoms with Gasteiger partial charge in [0.15, 0.2) is 5.96 Å². The monoisotopic (exact) mass is 284 g/mol. The first-order valence-electron chi connectivity index (χ1n) is 7.82. The van der Waals surface area contributed by atoms with Crippen LogP contribution in [0.15, 0.2) is 4.99 Å². The van der Waals surface area contributed by atoms with E-state index in [4.69, 9.17) is 9.73 Å². The fourth-order valence-electron chi connectivity index (χ4n) is 2.24. The van der Waals surface area contributed by atoms with E-state index in [9.17, 15) is 0 Å². The molecule has 0 aromatic carbocycles. The molecule has 0 aromatic rings. The average Bonchev–Trinajstić information content (AvgIpc) is 2.90. The van der Waals surface area contributed by atoms with E-state index in [1.54, 1.807) is 0 Å². The SMILES string of the molecule is CCNC(=NCCN(C)C(C)C)N(C)CC1CCOC1. The first-order valence-corrected chi connectivity index (χ1v) is 7.82. The van der Waals surface area contributed by atoms with Crippen molar-refractivity contribution in [2.24, 2.45) is 10.9 Å². The fraction of sp³-hybridized carbons (Fsp3) is 0.933. The van der Waals surface area contributed by atoms with Crippen molar-refractivity contribution in [1.82, 2.24) is 15.1 Å². The lowest BCUT2D eigenvalue weighted by atomic mass is 10.1. The molecule has 1 aliphatic heterocycles. The van der Waals surface area contributed by atoms with Crippen LogP contribution >= 0.6 is 0 Å². The molecule has 1 unspecified atom stereocenters. The molecule has 1 saturated heterocycles. The number of rotatable bonds is 7. The Morgan fingerprint density at radius 3 is 2.70 bits per heavy atom. The topological polar surface area (TPSA) is 40.1 Å². The van der Waals surface area contributed by atoms with Gasteiger partial charge in [-0.25, -0.2) is 0 Å². The van der Waals surface area contributed by atoms with Crippen LogP contribution in [0.5, 0.6) is 0 Å². The van der Waals surface area contributed by atoms with Gasteiger partial charge in [0.1, 0.15) is 0 Å². The minimum Gasteiger partial charge on any atom is -0.381 e. The predicted octanol–water partition coefficient (Wildman–Crippen LogP) is 1.26. The molecule has 0 aliphatic carbocycles. The van der Waals surface area contributed by atoms with Gasteiger partial charge < -0.3 is 19.9 Å². The summed E-state index contributed by atoms with van der Waals surface area (Å²) in [6.07, 6.45) is 1.17. The van der Waals surface area contributed by atoms with Crippen LogP contribution in [0, 0.1) is 5.92 Å². The number of nitrogens with one attached hydrogen (secondary N) is 1. The van der Waals surface area contributed by atoms with Gasteiger partial charge in [0.2, 0.25) is 0 Å². The number of hydrogen-bond acceptors (Lipinski definition) is 3. The maximum absolute atomic E-state index is 5.44. The molecule has 1 heterocycles. The fourth-order valence-corrected chi connectivity index (χ4v) is 2.24. The van der Waals surface area contributed by atoms with Gasteiger partial charge in [-0.1, -0.05) is 0 Å². The van der Waals surface area contributed by atoms with E-state index in [2.05, 4.69) is 50.0 Å². The smallest absolute Gasteiger partial charge is 0.193 e. The molecule has 5 nitrogen and oxygen atoms in total. The number of guanidine groups is 1. The Morgan fingerprint density at radius 1 is 1.40 bits per heavy atom. The lowest BCUT2D eigenvalue weighted by molar-refractivity contribution is 0.181. The maximum atomic E-state index is 5.44. The summed E-state index contributed by atoms with van der Waals surface area (Å²) in [6, 6.07) is 0.571. The minimum atomic E-state index is 0.571. The third kappa shape index (κ3) is 6.09. The van der Waals surface area contributed by atoms with Crippen LogP contribution in [-0.4, -0.2) is 75.3 Å². The average molecular weight is 284 g/mol. The standard InChI is InChI=1S/C15H32N4O/c1-6-16-15(17-8-9-18(4)13(2)3)19(5)11-14-7-10-20-12-14/h13-14H,6-12H2,1-5H3,(H,16,17). The predicted molar refractivity (Wildman–Crippen MR) is 85.3 cm³/mol. The molecule has 1 N–H and O–H groups in total. The third-order valence-corrected chi connectivity index (χ3v) is 3.85. The van der Waals surface area contributed by atoms with Crippen molar-refractivity contribution in [2.75, 3.05) is 53.5 Å². The summed E-state index contributed by atoms with van der Waals surface area (Å²) in [5, 5.41) is 3.38. The molecule has 1 aliphatic rings. The summed E-state index contributed by atoms with van der Waals surface area (Å²) in [6.45, 7) is 12.1. The van der Waals surface area contributed by atoms with Crippen LogP contribution in [0.1, 0.15) is 27.2 Å². The van der Waals surface area contributed by atoms with E-state index >= 15 is 0 Å². The van der Waals surface area contributed by atoms with Gasteiger partial charge in [0.05, 0.1) is 13.2 Å². The molecule has 1 atom stereocenters. The molecule has 0 radical (unpaired) electrons. The summed E-state index contributed by atoms with van der Waals surface area (Å²) in [4.78, 5) is 9.28. The molecular weight excluding hydrogens is 252 g/mol. The quantitative estimate of drug-likeness (QED) is 0.564. The van der Waals surface area contributed by atoms with Crippen molar-refractivity contribution < 1.29 is 4.74 Å². The van der Waals surface area contributed by atoms with E-state index in [1.165, 1.54) is 6.42 Å². The maximum Gasteiger partial charge on any atom is 0.193 e. The molecule has 0 bridgehead atoms. The lowest BCUT2D eigenvalue weighted by Crippen LogP contribution is -2.42. The molecule has 5 heteroatoms. The highest BCUT2D eigenvalue weighted by atomic mass is 16.5. The Morgan fingerprint density at radius 2 is 2.15 bits per heavy atom. The lowest BCUT2D eigenvalue weighted by Gasteiger charge is -2.25. The molecular formula is C15H32N4O. The number of aliphatic imine (C=N–C) groups is 1. The zero-order chi connectivity index (χ0) is 15.0. The van der Waals surface area contributed by atoms with Crippen LogP contribution < -0.4 is 5.32 Å². The Kier molecular flexibility index (Phi) is 7.92. The van der Waals surface area contributed by atoms with Crippen molar-refractivity contribution in [3.8, 4) is 0 Å². The summed E-state index contributed by atoms with van der Waals surface area (Å²) < 4.78 is 5.44. The normalized spacial score (nSPS) is 19.9. The molecule has 0 spiro atoms. The van der Waals surface area contributed by atoms with E-state index in [-0.39, 0.29) is 0 Å². The first kappa shape index (κ1) is 17.2. The van der Waals surface area contributed by atoms with Crippen LogP contribution in [0.4, 0.5) is 0 Å². The zero-order valence-corrected chi connectivity index (χ0v) is 13.9. The van der Waals surface area contributed by atoms with Gasteiger partial charge in [-0.15, -0.1) is 0 Å². The second kappa shape index (κ2) is 9.19. The molecule has 0 saturated carbocycles. The van der Waals surface area contributed by atoms with Crippen LogP contribution in [-0.2, 0) is 4.74 Å². The molecule has 118 valence electrons. The van der Waals surface area contributed by atoms with Crippen molar-refractivity contribution in [1.29, 1.82) is 0 Å². The van der Waals surface area contributed by atoms with Gasteiger partial charge in [-0.05, 0) is 34.2 Å². The molecule has 1 fully saturated rings. The highest BCUT2D eigenvalue weighted by molar-refractivity contribution is 5.79. The molecule has 20 heavy (non-hydrogen) atoms. The van der Waals surface area contributed by atoms with E-state index < -0.39 is 0 Å². The van der Waals surface area contributed by atoms with Gasteiger partial charge in [-0.2, -0.15) is 0 Å². The molecule has 0 aromatic heterocycles. The van der Waals surface area contributed by atoms with Crippen LogP contribution in [0.2, 0.25) is 0 Å². The Balaban J connectivity index is 2.43. The van der Waals surface area contributed by atoms with Gasteiger partial charge in [0, 0.05) is 45.2 Å². The van der Waals surface area contributed by atoms with Gasteiger partial charge >= 0.3 is 0 Å². The van der Waals surface area contributed by atoms with Crippen molar-refractivity contribution in [3.05, 3.63) is 0 Å². The van der Waals surface area contributed by atoms with Crippen LogP contribution in [0.25, 0.3) is 0 Å². The largest absolute Gasteiger partial charge is 0.381 e. The van der Waals surface area contributed by atoms with Crippen molar-refractivity contribution in [3.63, 3.8) is 0 Å². The van der Waals surface area contributed by atoms with Gasteiger partial charge in [0.25, 0.3) is 0 Å². The Bertz CT molecular complexity index is 288. The first-order chi connectivity index (χ1) is 9.54. The summed E-state index contributed by atoms with van der Waals surface area (Å²) in [7, 11) is 4.26. The minimum absolute atomic E-state index is 0.571. The molecule has 1 rings (SSSR count). The summed E-state index contributed by atoms with van der Waals surface area (Å²) >= 11 is 0. The van der Waals surface area contributed by atoms with E-state index in [1.807, 2.05) is 0 Å². The second-order valence-electron chi connectivity index (χ2n) is 5.92. The molecule has 0 amide bonds.